The summed E-state index contributed by atoms with van der Waals surface area (Å²) in [5, 5.41) is 14.0. The monoisotopic (exact) mass is 376 g/mol. The lowest BCUT2D eigenvalue weighted by atomic mass is 9.87. The number of aliphatic hydroxyl groups is 2. The summed E-state index contributed by atoms with van der Waals surface area (Å²) in [7, 11) is -5.40. The van der Waals surface area contributed by atoms with Gasteiger partial charge < -0.3 is 38.1 Å². The summed E-state index contributed by atoms with van der Waals surface area (Å²) in [5.74, 6) is -0.956. The maximum Gasteiger partial charge on any atom is 0.390 e. The van der Waals surface area contributed by atoms with Crippen molar-refractivity contribution < 1.29 is 51.7 Å². The van der Waals surface area contributed by atoms with E-state index >= 15 is 0 Å². The number of rotatable bonds is 6. The number of carbonyl (C=O) groups is 1. The molecule has 5 N–H and O–H groups in total. The Morgan fingerprint density at radius 1 is 1.29 bits per heavy atom. The second-order valence-electron chi connectivity index (χ2n) is 6.25. The van der Waals surface area contributed by atoms with Gasteiger partial charge in [-0.2, -0.15) is 8.78 Å². The molecule has 3 rings (SSSR count). The molecule has 3 fully saturated rings. The van der Waals surface area contributed by atoms with Gasteiger partial charge in [0.15, 0.2) is 17.2 Å². The van der Waals surface area contributed by atoms with Crippen LogP contribution in [0.15, 0.2) is 0 Å². The maximum absolute atomic E-state index is 13.2. The molecule has 24 heavy (non-hydrogen) atoms. The molecule has 0 aromatic heterocycles. The molecule has 1 aliphatic heterocycles. The van der Waals surface area contributed by atoms with E-state index in [-0.39, 0.29) is 17.8 Å². The molecule has 1 heterocycles. The van der Waals surface area contributed by atoms with Crippen LogP contribution in [0.25, 0.3) is 0 Å². The molecule has 9 nitrogen and oxygen atoms in total. The molecule has 1 saturated heterocycles. The molecule has 2 saturated carbocycles. The first kappa shape index (κ1) is 18.2. The van der Waals surface area contributed by atoms with Crippen molar-refractivity contribution in [2.24, 2.45) is 17.8 Å². The smallest absolute Gasteiger partial charge is 0.390 e. The van der Waals surface area contributed by atoms with Crippen molar-refractivity contribution in [2.75, 3.05) is 6.61 Å². The van der Waals surface area contributed by atoms with E-state index in [2.05, 4.69) is 4.74 Å². The number of alkyl halides is 2. The van der Waals surface area contributed by atoms with E-state index in [9.17, 15) is 18.7 Å². The highest BCUT2D eigenvalue weighted by Gasteiger charge is 2.62. The Bertz CT molecular complexity index is 513. The molecule has 0 aromatic rings. The Morgan fingerprint density at radius 3 is 2.54 bits per heavy atom. The Hall–Kier alpha value is -0.600. The molecule has 140 valence electrons. The van der Waals surface area contributed by atoms with Crippen LogP contribution < -0.4 is 0 Å². The van der Waals surface area contributed by atoms with Crippen molar-refractivity contribution in [1.29, 1.82) is 0 Å². The zero-order chi connectivity index (χ0) is 17.9. The summed E-state index contributed by atoms with van der Waals surface area (Å²) in [6, 6.07) is 0. The number of fused-ring (bicyclic) bond motifs is 1. The largest absolute Gasteiger partial charge is 0.458 e. The third-order valence-corrected chi connectivity index (χ3v) is 5.78. The summed E-state index contributed by atoms with van der Waals surface area (Å²) in [5.41, 5.74) is 0. The van der Waals surface area contributed by atoms with Crippen molar-refractivity contribution in [3.63, 3.8) is 0 Å². The molecular formula is C12H18F2O9S. The Morgan fingerprint density at radius 2 is 1.92 bits per heavy atom. The lowest BCUT2D eigenvalue weighted by Gasteiger charge is -2.32. The zero-order valence-electron chi connectivity index (χ0n) is 12.2. The Balaban J connectivity index is 1.51. The lowest BCUT2D eigenvalue weighted by Crippen LogP contribution is -2.42. The van der Waals surface area contributed by atoms with Crippen LogP contribution >= 0.6 is 10.9 Å². The number of esters is 1. The van der Waals surface area contributed by atoms with Crippen LogP contribution in [-0.2, 0) is 19.0 Å². The van der Waals surface area contributed by atoms with E-state index in [1.807, 2.05) is 0 Å². The van der Waals surface area contributed by atoms with Gasteiger partial charge in [-0.25, -0.2) is 4.79 Å². The predicted octanol–water partition coefficient (Wildman–Crippen LogP) is 0.423. The minimum atomic E-state index is -5.40. The second kappa shape index (κ2) is 5.99. The van der Waals surface area contributed by atoms with E-state index in [0.717, 1.165) is 6.42 Å². The topological polar surface area (TPSA) is 146 Å². The number of carbonyl (C=O) groups excluding carboxylic acids is 1. The van der Waals surface area contributed by atoms with E-state index in [1.54, 1.807) is 0 Å². The number of halogens is 2. The zero-order valence-corrected chi connectivity index (χ0v) is 13.0. The molecule has 0 aromatic carbocycles. The van der Waals surface area contributed by atoms with Gasteiger partial charge in [-0.1, -0.05) is 0 Å². The van der Waals surface area contributed by atoms with Gasteiger partial charge in [-0.05, 0) is 24.7 Å². The number of aliphatic hydroxyl groups excluding tert-OH is 2. The summed E-state index contributed by atoms with van der Waals surface area (Å²) >= 11 is 0. The normalized spacial score (nSPS) is 40.0. The van der Waals surface area contributed by atoms with Gasteiger partial charge in [-0.15, -0.1) is 0 Å². The molecule has 2 bridgehead atoms. The SMILES string of the molecule is O=C(COC(O)C(F)(F)S(O)(O)O)OC1C2CC3C(O)OC1C3C2. The van der Waals surface area contributed by atoms with E-state index < -0.39 is 53.5 Å². The third kappa shape index (κ3) is 2.90. The van der Waals surface area contributed by atoms with Crippen molar-refractivity contribution in [3.8, 4) is 0 Å². The second-order valence-corrected chi connectivity index (χ2v) is 7.83. The fourth-order valence-electron chi connectivity index (χ4n) is 3.80. The quantitative estimate of drug-likeness (QED) is 0.329. The molecule has 7 unspecified atom stereocenters. The van der Waals surface area contributed by atoms with Crippen molar-refractivity contribution in [2.45, 2.75) is 42.9 Å². The average molecular weight is 376 g/mol. The van der Waals surface area contributed by atoms with Crippen molar-refractivity contribution >= 4 is 16.8 Å². The first-order chi connectivity index (χ1) is 11.0. The molecule has 2 aliphatic carbocycles. The fourth-order valence-corrected chi connectivity index (χ4v) is 4.14. The molecule has 7 atom stereocenters. The van der Waals surface area contributed by atoms with Crippen LogP contribution in [0.1, 0.15) is 12.8 Å². The van der Waals surface area contributed by atoms with E-state index in [0.29, 0.717) is 6.42 Å². The predicted molar refractivity (Wildman–Crippen MR) is 72.8 cm³/mol. The summed E-state index contributed by atoms with van der Waals surface area (Å²) in [6.07, 6.45) is -3.72. The van der Waals surface area contributed by atoms with Gasteiger partial charge in [0.2, 0.25) is 6.29 Å². The fraction of sp³-hybridized carbons (Fsp3) is 0.917. The first-order valence-electron chi connectivity index (χ1n) is 7.23. The minimum absolute atomic E-state index is 0.00174. The standard InChI is InChI=1S/C12H18F2O9S/c13-12(14,24(18,19)20)11(17)21-3-7(15)22-8-4-1-5-6(2-4)10(16)23-9(5)8/h4-6,8-11,16-20H,1-3H2. The lowest BCUT2D eigenvalue weighted by molar-refractivity contribution is -0.212. The van der Waals surface area contributed by atoms with Crippen LogP contribution in [0, 0.1) is 17.8 Å². The average Bonchev–Trinajstić information content (AvgIpc) is 3.08. The van der Waals surface area contributed by atoms with E-state index in [1.165, 1.54) is 0 Å². The van der Waals surface area contributed by atoms with Gasteiger partial charge in [0.1, 0.15) is 18.8 Å². The van der Waals surface area contributed by atoms with Gasteiger partial charge in [0.05, 0.1) is 0 Å². The number of hydrogen-bond donors (Lipinski definition) is 5. The minimum Gasteiger partial charge on any atom is -0.458 e. The molecular weight excluding hydrogens is 358 g/mol. The van der Waals surface area contributed by atoms with Crippen molar-refractivity contribution in [3.05, 3.63) is 0 Å². The highest BCUT2D eigenvalue weighted by atomic mass is 32.3. The molecule has 12 heteroatoms. The van der Waals surface area contributed by atoms with Crippen LogP contribution in [0.2, 0.25) is 0 Å². The maximum atomic E-state index is 13.2. The molecule has 0 amide bonds. The summed E-state index contributed by atoms with van der Waals surface area (Å²) in [4.78, 5) is 11.7. The van der Waals surface area contributed by atoms with Crippen LogP contribution in [0.3, 0.4) is 0 Å². The van der Waals surface area contributed by atoms with Gasteiger partial charge in [0, 0.05) is 5.92 Å². The van der Waals surface area contributed by atoms with Crippen molar-refractivity contribution in [1.82, 2.24) is 0 Å². The summed E-state index contributed by atoms with van der Waals surface area (Å²) in [6.45, 7) is -1.08. The van der Waals surface area contributed by atoms with Gasteiger partial charge >= 0.3 is 11.2 Å². The number of hydrogen-bond acceptors (Lipinski definition) is 9. The van der Waals surface area contributed by atoms with Gasteiger partial charge in [0.25, 0.3) is 0 Å². The Labute approximate surface area is 136 Å². The third-order valence-electron chi connectivity index (χ3n) is 4.85. The highest BCUT2D eigenvalue weighted by Crippen LogP contribution is 2.57. The molecule has 0 radical (unpaired) electrons. The summed E-state index contributed by atoms with van der Waals surface area (Å²) < 4.78 is 66.6. The first-order valence-corrected chi connectivity index (χ1v) is 8.73. The Kier molecular flexibility index (Phi) is 4.54. The van der Waals surface area contributed by atoms with E-state index in [4.69, 9.17) is 28.2 Å². The number of ether oxygens (including phenoxy) is 3. The molecule has 3 aliphatic rings. The van der Waals surface area contributed by atoms with Crippen LogP contribution in [0.5, 0.6) is 0 Å². The van der Waals surface area contributed by atoms with Gasteiger partial charge in [-0.3, -0.25) is 0 Å². The van der Waals surface area contributed by atoms with Crippen LogP contribution in [-0.4, -0.2) is 66.5 Å². The highest BCUT2D eigenvalue weighted by molar-refractivity contribution is 8.20. The van der Waals surface area contributed by atoms with Crippen LogP contribution in [0.4, 0.5) is 8.78 Å². The molecule has 0 spiro atoms.